The fraction of sp³-hybridized carbons (Fsp3) is 0.333. The van der Waals surface area contributed by atoms with E-state index in [0.29, 0.717) is 38.0 Å². The molecule has 1 amide bonds. The molecule has 3 aromatic rings. The van der Waals surface area contributed by atoms with Crippen LogP contribution >= 0.6 is 0 Å². The molecule has 0 aliphatic heterocycles. The maximum Gasteiger partial charge on any atom is 0.220 e. The molecule has 0 saturated carbocycles. The number of carbonyl (C=O) groups is 1. The van der Waals surface area contributed by atoms with Crippen molar-refractivity contribution < 1.29 is 19.4 Å². The topological polar surface area (TPSA) is 92.7 Å². The molecule has 0 saturated heterocycles. The number of aromatic nitrogens is 1. The summed E-state index contributed by atoms with van der Waals surface area (Å²) in [6.07, 6.45) is 0. The van der Waals surface area contributed by atoms with E-state index >= 15 is 0 Å². The Kier molecular flexibility index (Phi) is 9.01. The second-order valence-electron chi connectivity index (χ2n) is 8.10. The van der Waals surface area contributed by atoms with Crippen molar-refractivity contribution in [3.8, 4) is 22.9 Å². The first-order valence-corrected chi connectivity index (χ1v) is 11.3. The van der Waals surface area contributed by atoms with E-state index in [0.717, 1.165) is 38.9 Å². The van der Waals surface area contributed by atoms with E-state index in [1.165, 1.54) is 6.92 Å². The smallest absolute Gasteiger partial charge is 0.220 e. The molecule has 0 bridgehead atoms. The Morgan fingerprint density at radius 3 is 2.26 bits per heavy atom. The molecule has 7 nitrogen and oxygen atoms in total. The van der Waals surface area contributed by atoms with Crippen LogP contribution in [0.25, 0.3) is 11.1 Å². The first-order chi connectivity index (χ1) is 16.4. The molecule has 3 rings (SSSR count). The summed E-state index contributed by atoms with van der Waals surface area (Å²) < 4.78 is 11.5. The highest BCUT2D eigenvalue weighted by atomic mass is 16.5. The number of ether oxygens (including phenoxy) is 2. The van der Waals surface area contributed by atoms with Crippen molar-refractivity contribution in [3.05, 3.63) is 76.3 Å². The van der Waals surface area contributed by atoms with E-state index in [9.17, 15) is 9.90 Å². The summed E-state index contributed by atoms with van der Waals surface area (Å²) in [5, 5.41) is 15.6. The number of methoxy groups -OCH3 is 1. The molecular weight excluding hydrogens is 430 g/mol. The quantitative estimate of drug-likeness (QED) is 0.376. The van der Waals surface area contributed by atoms with E-state index in [1.807, 2.05) is 37.3 Å². The summed E-state index contributed by atoms with van der Waals surface area (Å²) in [7, 11) is 1.59. The van der Waals surface area contributed by atoms with Gasteiger partial charge in [-0.1, -0.05) is 36.4 Å². The predicted molar refractivity (Wildman–Crippen MR) is 133 cm³/mol. The molecule has 0 spiro atoms. The van der Waals surface area contributed by atoms with Crippen molar-refractivity contribution >= 4 is 5.91 Å². The summed E-state index contributed by atoms with van der Waals surface area (Å²) >= 11 is 0. The standard InChI is InChI=1S/C27H33N3O4/c1-18-22(16-31)7-5-9-24(18)25-10-6-8-23(19(25)2)17-34-26-12-11-21(27(30-26)33-4)15-28-13-14-29-20(3)32/h5-12,28,31H,13-17H2,1-4H3,(H,29,32). The largest absolute Gasteiger partial charge is 0.481 e. The molecule has 7 heteroatoms. The van der Waals surface area contributed by atoms with Gasteiger partial charge in [0.05, 0.1) is 13.7 Å². The SMILES string of the molecule is COc1nc(OCc2cccc(-c3cccc(CO)c3C)c2C)ccc1CNCCNC(C)=O. The van der Waals surface area contributed by atoms with Gasteiger partial charge in [0.25, 0.3) is 0 Å². The van der Waals surface area contributed by atoms with Crippen LogP contribution in [-0.4, -0.2) is 36.2 Å². The van der Waals surface area contributed by atoms with Gasteiger partial charge in [0, 0.05) is 38.2 Å². The van der Waals surface area contributed by atoms with Gasteiger partial charge in [-0.05, 0) is 53.3 Å². The Balaban J connectivity index is 1.68. The molecule has 0 radical (unpaired) electrons. The minimum Gasteiger partial charge on any atom is -0.481 e. The Morgan fingerprint density at radius 2 is 1.62 bits per heavy atom. The number of amides is 1. The summed E-state index contributed by atoms with van der Waals surface area (Å²) in [4.78, 5) is 15.4. The maximum absolute atomic E-state index is 10.9. The number of benzene rings is 2. The number of hydrogen-bond acceptors (Lipinski definition) is 6. The molecule has 0 aliphatic carbocycles. The number of nitrogens with zero attached hydrogens (tertiary/aromatic N) is 1. The lowest BCUT2D eigenvalue weighted by Gasteiger charge is -2.16. The van der Waals surface area contributed by atoms with Gasteiger partial charge in [0.2, 0.25) is 17.7 Å². The van der Waals surface area contributed by atoms with Crippen molar-refractivity contribution in [1.29, 1.82) is 0 Å². The van der Waals surface area contributed by atoms with Crippen LogP contribution in [0.15, 0.2) is 48.5 Å². The molecule has 3 N–H and O–H groups in total. The monoisotopic (exact) mass is 463 g/mol. The second-order valence-corrected chi connectivity index (χ2v) is 8.10. The Hall–Kier alpha value is -3.42. The van der Waals surface area contributed by atoms with E-state index in [1.54, 1.807) is 7.11 Å². The molecule has 0 unspecified atom stereocenters. The average Bonchev–Trinajstić information content (AvgIpc) is 2.84. The normalized spacial score (nSPS) is 10.7. The maximum atomic E-state index is 10.9. The van der Waals surface area contributed by atoms with Gasteiger partial charge in [0.1, 0.15) is 6.61 Å². The van der Waals surface area contributed by atoms with Gasteiger partial charge in [-0.15, -0.1) is 0 Å². The van der Waals surface area contributed by atoms with Crippen LogP contribution in [0.3, 0.4) is 0 Å². The lowest BCUT2D eigenvalue weighted by Crippen LogP contribution is -2.30. The number of pyridine rings is 1. The molecule has 2 aromatic carbocycles. The molecule has 1 heterocycles. The van der Waals surface area contributed by atoms with Crippen LogP contribution < -0.4 is 20.1 Å². The number of hydrogen-bond donors (Lipinski definition) is 3. The van der Waals surface area contributed by atoms with Crippen molar-refractivity contribution in [2.75, 3.05) is 20.2 Å². The summed E-state index contributed by atoms with van der Waals surface area (Å²) in [5.74, 6) is 0.950. The zero-order chi connectivity index (χ0) is 24.5. The first kappa shape index (κ1) is 25.2. The van der Waals surface area contributed by atoms with Crippen molar-refractivity contribution in [3.63, 3.8) is 0 Å². The third-order valence-corrected chi connectivity index (χ3v) is 5.83. The minimum absolute atomic E-state index is 0.0237. The van der Waals surface area contributed by atoms with Crippen LogP contribution in [0.4, 0.5) is 0 Å². The summed E-state index contributed by atoms with van der Waals surface area (Å²) in [6.45, 7) is 7.81. The fourth-order valence-corrected chi connectivity index (χ4v) is 3.82. The molecule has 0 aliphatic rings. The van der Waals surface area contributed by atoms with E-state index in [2.05, 4.69) is 40.7 Å². The lowest BCUT2D eigenvalue weighted by molar-refractivity contribution is -0.118. The number of carbonyl (C=O) groups excluding carboxylic acids is 1. The third kappa shape index (κ3) is 6.34. The third-order valence-electron chi connectivity index (χ3n) is 5.83. The zero-order valence-electron chi connectivity index (χ0n) is 20.3. The predicted octanol–water partition coefficient (Wildman–Crippen LogP) is 3.67. The summed E-state index contributed by atoms with van der Waals surface area (Å²) in [6, 6.07) is 15.9. The molecular formula is C27H33N3O4. The Morgan fingerprint density at radius 1 is 0.941 bits per heavy atom. The number of nitrogens with one attached hydrogen (secondary N) is 2. The number of aliphatic hydroxyl groups is 1. The molecule has 180 valence electrons. The number of aliphatic hydroxyl groups excluding tert-OH is 1. The van der Waals surface area contributed by atoms with Crippen molar-refractivity contribution in [2.45, 2.75) is 40.5 Å². The van der Waals surface area contributed by atoms with Gasteiger partial charge >= 0.3 is 0 Å². The van der Waals surface area contributed by atoms with Crippen LogP contribution in [0.5, 0.6) is 11.8 Å². The lowest BCUT2D eigenvalue weighted by atomic mass is 9.92. The first-order valence-electron chi connectivity index (χ1n) is 11.3. The van der Waals surface area contributed by atoms with Gasteiger partial charge in [0.15, 0.2) is 0 Å². The molecule has 0 atom stereocenters. The molecule has 1 aromatic heterocycles. The van der Waals surface area contributed by atoms with E-state index in [4.69, 9.17) is 9.47 Å². The highest BCUT2D eigenvalue weighted by Crippen LogP contribution is 2.31. The van der Waals surface area contributed by atoms with Crippen molar-refractivity contribution in [2.24, 2.45) is 0 Å². The van der Waals surface area contributed by atoms with E-state index in [-0.39, 0.29) is 12.5 Å². The minimum atomic E-state index is -0.0443. The van der Waals surface area contributed by atoms with Crippen LogP contribution in [0.2, 0.25) is 0 Å². The Labute approximate surface area is 201 Å². The average molecular weight is 464 g/mol. The number of rotatable bonds is 11. The van der Waals surface area contributed by atoms with Gasteiger partial charge in [-0.2, -0.15) is 4.98 Å². The summed E-state index contributed by atoms with van der Waals surface area (Å²) in [5.41, 5.74) is 7.36. The molecule has 34 heavy (non-hydrogen) atoms. The van der Waals surface area contributed by atoms with Crippen LogP contribution in [0.1, 0.15) is 34.7 Å². The highest BCUT2D eigenvalue weighted by molar-refractivity contribution is 5.73. The van der Waals surface area contributed by atoms with Gasteiger partial charge in [-0.3, -0.25) is 4.79 Å². The highest BCUT2D eigenvalue weighted by Gasteiger charge is 2.12. The van der Waals surface area contributed by atoms with Gasteiger partial charge < -0.3 is 25.2 Å². The Bertz CT molecular complexity index is 1130. The molecule has 0 fully saturated rings. The fourth-order valence-electron chi connectivity index (χ4n) is 3.82. The zero-order valence-corrected chi connectivity index (χ0v) is 20.3. The second kappa shape index (κ2) is 12.2. The van der Waals surface area contributed by atoms with E-state index < -0.39 is 0 Å². The van der Waals surface area contributed by atoms with Crippen LogP contribution in [0, 0.1) is 13.8 Å². The van der Waals surface area contributed by atoms with Crippen molar-refractivity contribution in [1.82, 2.24) is 15.6 Å². The van der Waals surface area contributed by atoms with Crippen LogP contribution in [-0.2, 0) is 24.6 Å². The van der Waals surface area contributed by atoms with Gasteiger partial charge in [-0.25, -0.2) is 0 Å².